The molecule has 0 aromatic heterocycles. The highest BCUT2D eigenvalue weighted by molar-refractivity contribution is 5.76. The highest BCUT2D eigenvalue weighted by Crippen LogP contribution is 2.09. The summed E-state index contributed by atoms with van der Waals surface area (Å²) in [5.74, 6) is -1.47. The van der Waals surface area contributed by atoms with Crippen LogP contribution in [0.15, 0.2) is 0 Å². The molecule has 0 spiro atoms. The molecule has 64 valence electrons. The van der Waals surface area contributed by atoms with E-state index in [1.165, 1.54) is 6.92 Å². The van der Waals surface area contributed by atoms with Crippen molar-refractivity contribution < 1.29 is 14.7 Å². The van der Waals surface area contributed by atoms with Crippen LogP contribution in [-0.4, -0.2) is 11.8 Å². The average molecular weight is 157 g/mol. The molecule has 0 fully saturated rings. The zero-order valence-corrected chi connectivity index (χ0v) is 6.92. The SMILES string of the molecule is CCC(CCC(C)=O)C(=O)[O-]. The van der Waals surface area contributed by atoms with Crippen molar-refractivity contribution in [1.29, 1.82) is 0 Å². The Hall–Kier alpha value is -0.860. The lowest BCUT2D eigenvalue weighted by atomic mass is 10.00. The number of Topliss-reactive ketones (excluding diaryl/α,β-unsaturated/α-hetero) is 1. The molecule has 0 aliphatic carbocycles. The predicted molar refractivity (Wildman–Crippen MR) is 38.7 cm³/mol. The van der Waals surface area contributed by atoms with Gasteiger partial charge >= 0.3 is 0 Å². The standard InChI is InChI=1S/C8H14O3/c1-3-7(8(10)11)5-4-6(2)9/h7H,3-5H2,1-2H3,(H,10,11)/p-1. The Balaban J connectivity index is 3.70. The Bertz CT molecular complexity index is 151. The molecule has 0 aromatic rings. The minimum atomic E-state index is -1.05. The smallest absolute Gasteiger partial charge is 0.129 e. The van der Waals surface area contributed by atoms with Gasteiger partial charge in [0.25, 0.3) is 0 Å². The fraction of sp³-hybridized carbons (Fsp3) is 0.750. The maximum atomic E-state index is 10.5. The lowest BCUT2D eigenvalue weighted by Crippen LogP contribution is -2.31. The van der Waals surface area contributed by atoms with Crippen LogP contribution in [0.4, 0.5) is 0 Å². The first-order valence-electron chi connectivity index (χ1n) is 3.78. The fourth-order valence-corrected chi connectivity index (χ4v) is 0.866. The van der Waals surface area contributed by atoms with Crippen molar-refractivity contribution in [3.63, 3.8) is 0 Å². The van der Waals surface area contributed by atoms with Gasteiger partial charge in [0.2, 0.25) is 0 Å². The lowest BCUT2D eigenvalue weighted by Gasteiger charge is -2.13. The quantitative estimate of drug-likeness (QED) is 0.570. The molecular weight excluding hydrogens is 144 g/mol. The monoisotopic (exact) mass is 157 g/mol. The van der Waals surface area contributed by atoms with Gasteiger partial charge in [-0.1, -0.05) is 6.92 Å². The third-order valence-electron chi connectivity index (χ3n) is 1.67. The summed E-state index contributed by atoms with van der Waals surface area (Å²) >= 11 is 0. The van der Waals surface area contributed by atoms with Crippen LogP contribution in [0.2, 0.25) is 0 Å². The molecule has 0 heterocycles. The number of hydrogen-bond acceptors (Lipinski definition) is 3. The van der Waals surface area contributed by atoms with Crippen LogP contribution in [0.1, 0.15) is 33.1 Å². The Morgan fingerprint density at radius 2 is 2.00 bits per heavy atom. The van der Waals surface area contributed by atoms with Crippen LogP contribution < -0.4 is 5.11 Å². The second-order valence-corrected chi connectivity index (χ2v) is 2.66. The van der Waals surface area contributed by atoms with Gasteiger partial charge in [0.05, 0.1) is 0 Å². The number of hydrogen-bond donors (Lipinski definition) is 0. The largest absolute Gasteiger partial charge is 0.550 e. The number of carboxylic acids is 1. The Morgan fingerprint density at radius 1 is 1.45 bits per heavy atom. The van der Waals surface area contributed by atoms with Crippen LogP contribution in [-0.2, 0) is 9.59 Å². The van der Waals surface area contributed by atoms with Crippen molar-refractivity contribution in [3.8, 4) is 0 Å². The van der Waals surface area contributed by atoms with Gasteiger partial charge in [0.1, 0.15) is 5.78 Å². The first-order chi connectivity index (χ1) is 5.07. The van der Waals surface area contributed by atoms with Crippen molar-refractivity contribution >= 4 is 11.8 Å². The number of carbonyl (C=O) groups is 2. The van der Waals surface area contributed by atoms with Crippen molar-refractivity contribution in [2.24, 2.45) is 5.92 Å². The lowest BCUT2D eigenvalue weighted by molar-refractivity contribution is -0.311. The van der Waals surface area contributed by atoms with Crippen LogP contribution in [0, 0.1) is 5.92 Å². The number of ketones is 1. The van der Waals surface area contributed by atoms with E-state index in [4.69, 9.17) is 0 Å². The van der Waals surface area contributed by atoms with Gasteiger partial charge in [0, 0.05) is 12.4 Å². The second-order valence-electron chi connectivity index (χ2n) is 2.66. The molecule has 0 radical (unpaired) electrons. The van der Waals surface area contributed by atoms with Gasteiger partial charge < -0.3 is 14.7 Å². The molecule has 3 nitrogen and oxygen atoms in total. The third-order valence-corrected chi connectivity index (χ3v) is 1.67. The van der Waals surface area contributed by atoms with E-state index < -0.39 is 11.9 Å². The normalized spacial score (nSPS) is 12.5. The van der Waals surface area contributed by atoms with E-state index >= 15 is 0 Å². The van der Waals surface area contributed by atoms with Gasteiger partial charge in [0.15, 0.2) is 0 Å². The van der Waals surface area contributed by atoms with E-state index in [-0.39, 0.29) is 5.78 Å². The highest BCUT2D eigenvalue weighted by Gasteiger charge is 2.07. The maximum Gasteiger partial charge on any atom is 0.129 e. The second kappa shape index (κ2) is 4.88. The summed E-state index contributed by atoms with van der Waals surface area (Å²) in [7, 11) is 0. The van der Waals surface area contributed by atoms with Gasteiger partial charge in [-0.25, -0.2) is 0 Å². The molecule has 0 saturated heterocycles. The van der Waals surface area contributed by atoms with Crippen molar-refractivity contribution in [3.05, 3.63) is 0 Å². The summed E-state index contributed by atoms with van der Waals surface area (Å²) in [6.07, 6.45) is 1.29. The molecule has 0 N–H and O–H groups in total. The predicted octanol–water partition coefficient (Wildman–Crippen LogP) is 0.132. The molecule has 0 rings (SSSR count). The van der Waals surface area contributed by atoms with Crippen LogP contribution >= 0.6 is 0 Å². The van der Waals surface area contributed by atoms with Crippen LogP contribution in [0.25, 0.3) is 0 Å². The van der Waals surface area contributed by atoms with E-state index in [0.717, 1.165) is 0 Å². The topological polar surface area (TPSA) is 57.2 Å². The molecule has 1 unspecified atom stereocenters. The summed E-state index contributed by atoms with van der Waals surface area (Å²) < 4.78 is 0. The summed E-state index contributed by atoms with van der Waals surface area (Å²) in [5, 5.41) is 10.3. The number of rotatable bonds is 5. The minimum Gasteiger partial charge on any atom is -0.550 e. The van der Waals surface area contributed by atoms with Crippen molar-refractivity contribution in [1.82, 2.24) is 0 Å². The molecule has 11 heavy (non-hydrogen) atoms. The molecule has 0 saturated carbocycles. The summed E-state index contributed by atoms with van der Waals surface area (Å²) in [5.41, 5.74) is 0. The highest BCUT2D eigenvalue weighted by atomic mass is 16.4. The third kappa shape index (κ3) is 4.53. The maximum absolute atomic E-state index is 10.5. The fourth-order valence-electron chi connectivity index (χ4n) is 0.866. The first kappa shape index (κ1) is 10.1. The van der Waals surface area contributed by atoms with E-state index in [2.05, 4.69) is 0 Å². The zero-order chi connectivity index (χ0) is 8.85. The molecule has 1 atom stereocenters. The molecule has 0 aliphatic rings. The Labute approximate surface area is 66.4 Å². The number of aliphatic carboxylic acids is 1. The molecule has 0 bridgehead atoms. The van der Waals surface area contributed by atoms with E-state index in [9.17, 15) is 14.7 Å². The Kier molecular flexibility index (Phi) is 4.50. The molecular formula is C8H13O3-. The van der Waals surface area contributed by atoms with Crippen molar-refractivity contribution in [2.45, 2.75) is 33.1 Å². The zero-order valence-electron chi connectivity index (χ0n) is 6.92. The number of carbonyl (C=O) groups excluding carboxylic acids is 2. The van der Waals surface area contributed by atoms with E-state index in [0.29, 0.717) is 19.3 Å². The summed E-state index contributed by atoms with van der Waals surface area (Å²) in [6, 6.07) is 0. The van der Waals surface area contributed by atoms with Gasteiger partial charge in [-0.15, -0.1) is 0 Å². The Morgan fingerprint density at radius 3 is 2.27 bits per heavy atom. The van der Waals surface area contributed by atoms with Crippen LogP contribution in [0.5, 0.6) is 0 Å². The van der Waals surface area contributed by atoms with Gasteiger partial charge in [-0.05, 0) is 25.7 Å². The minimum absolute atomic E-state index is 0.0321. The van der Waals surface area contributed by atoms with Crippen LogP contribution in [0.3, 0.4) is 0 Å². The van der Waals surface area contributed by atoms with Crippen molar-refractivity contribution in [2.75, 3.05) is 0 Å². The first-order valence-corrected chi connectivity index (χ1v) is 3.78. The van der Waals surface area contributed by atoms with Gasteiger partial charge in [-0.3, -0.25) is 0 Å². The molecule has 0 amide bonds. The van der Waals surface area contributed by atoms with E-state index in [1.54, 1.807) is 6.92 Å². The molecule has 3 heteroatoms. The number of carboxylic acid groups (broad SMARTS) is 1. The average Bonchev–Trinajstić information content (AvgIpc) is 1.87. The van der Waals surface area contributed by atoms with Gasteiger partial charge in [-0.2, -0.15) is 0 Å². The summed E-state index contributed by atoms with van der Waals surface area (Å²) in [6.45, 7) is 3.24. The molecule has 0 aromatic carbocycles. The molecule has 0 aliphatic heterocycles. The van der Waals surface area contributed by atoms with E-state index in [1.807, 2.05) is 0 Å². The summed E-state index contributed by atoms with van der Waals surface area (Å²) in [4.78, 5) is 20.8.